The van der Waals surface area contributed by atoms with Crippen LogP contribution in [0, 0.1) is 0 Å². The summed E-state index contributed by atoms with van der Waals surface area (Å²) in [4.78, 5) is 18.9. The molecular weight excluding hydrogens is 396 g/mol. The van der Waals surface area contributed by atoms with Gasteiger partial charge in [0.25, 0.3) is 0 Å². The van der Waals surface area contributed by atoms with E-state index < -0.39 is 0 Å². The van der Waals surface area contributed by atoms with Crippen molar-refractivity contribution in [2.24, 2.45) is 0 Å². The minimum Gasteiger partial charge on any atom is -0.264 e. The van der Waals surface area contributed by atoms with Gasteiger partial charge in [0.05, 0.1) is 21.0 Å². The Kier molecular flexibility index (Phi) is 4.16. The van der Waals surface area contributed by atoms with E-state index in [1.54, 1.807) is 29.9 Å². The number of nitrogens with zero attached hydrogens (tertiary/aromatic N) is 4. The highest BCUT2D eigenvalue weighted by molar-refractivity contribution is 7.19. The molecule has 7 heteroatoms. The van der Waals surface area contributed by atoms with Gasteiger partial charge in [0.2, 0.25) is 0 Å². The largest absolute Gasteiger partial charge is 0.264 e. The molecule has 27 heavy (non-hydrogen) atoms. The van der Waals surface area contributed by atoms with Crippen molar-refractivity contribution in [3.8, 4) is 32.5 Å². The van der Waals surface area contributed by atoms with Crippen LogP contribution in [-0.2, 0) is 0 Å². The average molecular weight is 407 g/mol. The molecule has 0 unspecified atom stereocenters. The maximum atomic E-state index is 6.48. The number of hydrogen-bond acceptors (Lipinski definition) is 6. The molecule has 0 aliphatic rings. The van der Waals surface area contributed by atoms with Crippen LogP contribution in [0.25, 0.3) is 42.6 Å². The number of rotatable bonds is 3. The third-order valence-corrected chi connectivity index (χ3v) is 6.52. The molecule has 0 N–H and O–H groups in total. The Labute approximate surface area is 168 Å². The van der Waals surface area contributed by atoms with Crippen LogP contribution in [0.2, 0.25) is 5.15 Å². The maximum Gasteiger partial charge on any atom is 0.150 e. The summed E-state index contributed by atoms with van der Waals surface area (Å²) < 4.78 is 1.12. The van der Waals surface area contributed by atoms with Gasteiger partial charge in [0.15, 0.2) is 0 Å². The summed E-state index contributed by atoms with van der Waals surface area (Å²) in [6, 6.07) is 13.9. The van der Waals surface area contributed by atoms with Gasteiger partial charge in [0, 0.05) is 24.2 Å². The Balaban J connectivity index is 1.69. The lowest BCUT2D eigenvalue weighted by Gasteiger charge is -2.05. The summed E-state index contributed by atoms with van der Waals surface area (Å²) in [5.74, 6) is 0. The Morgan fingerprint density at radius 3 is 2.70 bits per heavy atom. The maximum absolute atomic E-state index is 6.48. The first-order chi connectivity index (χ1) is 13.3. The molecule has 5 aromatic rings. The molecule has 5 heterocycles. The van der Waals surface area contributed by atoms with Crippen LogP contribution in [0.5, 0.6) is 0 Å². The minimum absolute atomic E-state index is 0.452. The molecule has 5 rings (SSSR count). The second kappa shape index (κ2) is 6.81. The molecule has 0 radical (unpaired) electrons. The van der Waals surface area contributed by atoms with Crippen LogP contribution in [-0.4, -0.2) is 19.9 Å². The van der Waals surface area contributed by atoms with E-state index >= 15 is 0 Å². The molecule has 0 aliphatic heterocycles. The quantitative estimate of drug-likeness (QED) is 0.358. The standard InChI is InChI=1S/C20H11ClN4S2/c21-19-18(27-20(25-19)13-4-3-7-22-11-13)15-10-12-6-9-26-17(12)16(24-15)14-5-1-2-8-23-14/h1-11H. The van der Waals surface area contributed by atoms with Crippen LogP contribution in [0.4, 0.5) is 0 Å². The lowest BCUT2D eigenvalue weighted by Crippen LogP contribution is -1.90. The molecular formula is C20H11ClN4S2. The Bertz CT molecular complexity index is 1230. The predicted molar refractivity (Wildman–Crippen MR) is 112 cm³/mol. The third kappa shape index (κ3) is 3.02. The van der Waals surface area contributed by atoms with Gasteiger partial charge in [-0.05, 0) is 47.2 Å². The third-order valence-electron chi connectivity index (χ3n) is 4.07. The van der Waals surface area contributed by atoms with Crippen molar-refractivity contribution >= 4 is 44.4 Å². The fraction of sp³-hybridized carbons (Fsp3) is 0. The number of aromatic nitrogens is 4. The zero-order chi connectivity index (χ0) is 18.2. The van der Waals surface area contributed by atoms with E-state index in [1.165, 1.54) is 11.3 Å². The fourth-order valence-corrected chi connectivity index (χ4v) is 4.97. The van der Waals surface area contributed by atoms with Crippen LogP contribution in [0.1, 0.15) is 0 Å². The van der Waals surface area contributed by atoms with E-state index in [1.807, 2.05) is 30.3 Å². The van der Waals surface area contributed by atoms with Gasteiger partial charge in [-0.25, -0.2) is 9.97 Å². The van der Waals surface area contributed by atoms with Crippen LogP contribution >= 0.6 is 34.3 Å². The lowest BCUT2D eigenvalue weighted by atomic mass is 10.1. The SMILES string of the molecule is Clc1nc(-c2cccnc2)sc1-c1cc2ccsc2c(-c2ccccn2)n1. The molecule has 0 amide bonds. The van der Waals surface area contributed by atoms with E-state index in [4.69, 9.17) is 16.6 Å². The van der Waals surface area contributed by atoms with Crippen molar-refractivity contribution in [1.29, 1.82) is 0 Å². The zero-order valence-corrected chi connectivity index (χ0v) is 16.2. The molecule has 0 bridgehead atoms. The van der Waals surface area contributed by atoms with Gasteiger partial charge in [-0.1, -0.05) is 17.7 Å². The van der Waals surface area contributed by atoms with E-state index in [9.17, 15) is 0 Å². The second-order valence-corrected chi connectivity index (χ2v) is 8.06. The van der Waals surface area contributed by atoms with Crippen LogP contribution < -0.4 is 0 Å². The number of halogens is 1. The predicted octanol–water partition coefficient (Wildman–Crippen LogP) is 6.20. The monoisotopic (exact) mass is 406 g/mol. The fourth-order valence-electron chi connectivity index (χ4n) is 2.84. The summed E-state index contributed by atoms with van der Waals surface area (Å²) in [5, 5.41) is 4.47. The van der Waals surface area contributed by atoms with Crippen molar-refractivity contribution in [1.82, 2.24) is 19.9 Å². The van der Waals surface area contributed by atoms with E-state index in [-0.39, 0.29) is 0 Å². The van der Waals surface area contributed by atoms with Gasteiger partial charge in [0.1, 0.15) is 15.9 Å². The van der Waals surface area contributed by atoms with E-state index in [0.717, 1.165) is 42.6 Å². The summed E-state index contributed by atoms with van der Waals surface area (Å²) in [6.07, 6.45) is 5.31. The molecule has 0 saturated carbocycles. The highest BCUT2D eigenvalue weighted by atomic mass is 35.5. The zero-order valence-electron chi connectivity index (χ0n) is 13.8. The Hall–Kier alpha value is -2.67. The highest BCUT2D eigenvalue weighted by Crippen LogP contribution is 2.40. The number of hydrogen-bond donors (Lipinski definition) is 0. The van der Waals surface area contributed by atoms with Gasteiger partial charge >= 0.3 is 0 Å². The van der Waals surface area contributed by atoms with Gasteiger partial charge in [-0.3, -0.25) is 9.97 Å². The second-order valence-electron chi connectivity index (χ2n) is 5.79. The first kappa shape index (κ1) is 16.5. The van der Waals surface area contributed by atoms with Gasteiger partial charge in [-0.15, -0.1) is 22.7 Å². The minimum atomic E-state index is 0.452. The van der Waals surface area contributed by atoms with Crippen molar-refractivity contribution in [3.05, 3.63) is 71.6 Å². The molecule has 5 aromatic heterocycles. The normalized spacial score (nSPS) is 11.1. The molecule has 0 aliphatic carbocycles. The van der Waals surface area contributed by atoms with E-state index in [2.05, 4.69) is 32.5 Å². The Morgan fingerprint density at radius 1 is 0.926 bits per heavy atom. The first-order valence-electron chi connectivity index (χ1n) is 8.16. The van der Waals surface area contributed by atoms with Crippen molar-refractivity contribution in [2.75, 3.05) is 0 Å². The summed E-state index contributed by atoms with van der Waals surface area (Å²) in [7, 11) is 0. The van der Waals surface area contributed by atoms with Crippen LogP contribution in [0.3, 0.4) is 0 Å². The number of fused-ring (bicyclic) bond motifs is 1. The molecule has 0 saturated heterocycles. The highest BCUT2D eigenvalue weighted by Gasteiger charge is 2.17. The molecule has 0 fully saturated rings. The van der Waals surface area contributed by atoms with E-state index in [0.29, 0.717) is 5.15 Å². The van der Waals surface area contributed by atoms with Crippen molar-refractivity contribution in [3.63, 3.8) is 0 Å². The molecule has 0 aromatic carbocycles. The summed E-state index contributed by atoms with van der Waals surface area (Å²) >= 11 is 9.66. The number of thiazole rings is 1. The van der Waals surface area contributed by atoms with Gasteiger partial charge < -0.3 is 0 Å². The Morgan fingerprint density at radius 2 is 1.89 bits per heavy atom. The number of pyridine rings is 3. The molecule has 0 spiro atoms. The summed E-state index contributed by atoms with van der Waals surface area (Å²) in [5.41, 5.74) is 3.46. The smallest absolute Gasteiger partial charge is 0.150 e. The van der Waals surface area contributed by atoms with Gasteiger partial charge in [-0.2, -0.15) is 0 Å². The summed E-state index contributed by atoms with van der Waals surface area (Å²) in [6.45, 7) is 0. The van der Waals surface area contributed by atoms with Crippen molar-refractivity contribution < 1.29 is 0 Å². The number of thiophene rings is 1. The average Bonchev–Trinajstić information content (AvgIpc) is 3.35. The lowest BCUT2D eigenvalue weighted by molar-refractivity contribution is 1.27. The topological polar surface area (TPSA) is 51.6 Å². The van der Waals surface area contributed by atoms with Crippen LogP contribution in [0.15, 0.2) is 66.4 Å². The first-order valence-corrected chi connectivity index (χ1v) is 10.2. The molecule has 130 valence electrons. The molecule has 0 atom stereocenters. The van der Waals surface area contributed by atoms with Crippen molar-refractivity contribution in [2.45, 2.75) is 0 Å². The molecule has 4 nitrogen and oxygen atoms in total.